The van der Waals surface area contributed by atoms with Crippen LogP contribution in [0.2, 0.25) is 0 Å². The van der Waals surface area contributed by atoms with Gasteiger partial charge in [-0.2, -0.15) is 0 Å². The molecule has 0 heterocycles. The molecule has 0 spiro atoms. The van der Waals surface area contributed by atoms with E-state index in [2.05, 4.69) is 11.8 Å². The van der Waals surface area contributed by atoms with Crippen molar-refractivity contribution in [1.29, 1.82) is 0 Å². The normalized spacial score (nSPS) is 8.81. The van der Waals surface area contributed by atoms with Crippen LogP contribution in [-0.2, 0) is 4.79 Å². The number of carbonyl (C=O) groups excluding carboxylic acids is 1. The zero-order chi connectivity index (χ0) is 12.0. The van der Waals surface area contributed by atoms with Crippen molar-refractivity contribution in [3.05, 3.63) is 29.3 Å². The number of carbonyl (C=O) groups is 2. The SMILES string of the molecule is COc1c(C#CCC=O)cccc1C(=O)O. The molecular weight excluding hydrogens is 208 g/mol. The predicted molar refractivity (Wildman–Crippen MR) is 57.5 cm³/mol. The van der Waals surface area contributed by atoms with Gasteiger partial charge in [0.15, 0.2) is 0 Å². The molecule has 1 rings (SSSR count). The Morgan fingerprint density at radius 3 is 2.88 bits per heavy atom. The average molecular weight is 218 g/mol. The van der Waals surface area contributed by atoms with E-state index in [1.807, 2.05) is 0 Å². The highest BCUT2D eigenvalue weighted by Gasteiger charge is 2.12. The van der Waals surface area contributed by atoms with Crippen molar-refractivity contribution in [2.75, 3.05) is 7.11 Å². The molecule has 0 fully saturated rings. The van der Waals surface area contributed by atoms with Gasteiger partial charge in [0.25, 0.3) is 0 Å². The molecule has 82 valence electrons. The molecule has 0 unspecified atom stereocenters. The monoisotopic (exact) mass is 218 g/mol. The van der Waals surface area contributed by atoms with E-state index in [9.17, 15) is 9.59 Å². The molecule has 0 aliphatic heterocycles. The fourth-order valence-corrected chi connectivity index (χ4v) is 1.21. The smallest absolute Gasteiger partial charge is 0.339 e. The summed E-state index contributed by atoms with van der Waals surface area (Å²) in [7, 11) is 1.38. The van der Waals surface area contributed by atoms with Gasteiger partial charge in [0.05, 0.1) is 19.1 Å². The molecule has 0 saturated carbocycles. The number of aromatic carboxylic acids is 1. The lowest BCUT2D eigenvalue weighted by molar-refractivity contribution is -0.107. The van der Waals surface area contributed by atoms with Crippen LogP contribution in [0.15, 0.2) is 18.2 Å². The van der Waals surface area contributed by atoms with Gasteiger partial charge in [0.1, 0.15) is 17.6 Å². The minimum atomic E-state index is -1.07. The maximum atomic E-state index is 10.9. The summed E-state index contributed by atoms with van der Waals surface area (Å²) in [5, 5.41) is 8.91. The Bertz CT molecular complexity index is 466. The maximum absolute atomic E-state index is 10.9. The highest BCUT2D eigenvalue weighted by molar-refractivity contribution is 5.91. The van der Waals surface area contributed by atoms with Crippen molar-refractivity contribution < 1.29 is 19.4 Å². The molecule has 4 nitrogen and oxygen atoms in total. The van der Waals surface area contributed by atoms with E-state index in [1.54, 1.807) is 12.1 Å². The zero-order valence-corrected chi connectivity index (χ0v) is 8.69. The summed E-state index contributed by atoms with van der Waals surface area (Å²) >= 11 is 0. The molecule has 4 heteroatoms. The van der Waals surface area contributed by atoms with Gasteiger partial charge in [-0.1, -0.05) is 17.9 Å². The molecular formula is C12H10O4. The van der Waals surface area contributed by atoms with Crippen LogP contribution < -0.4 is 4.74 Å². The number of hydrogen-bond acceptors (Lipinski definition) is 3. The lowest BCUT2D eigenvalue weighted by Gasteiger charge is -2.06. The van der Waals surface area contributed by atoms with Gasteiger partial charge in [-0.15, -0.1) is 0 Å². The largest absolute Gasteiger partial charge is 0.495 e. The highest BCUT2D eigenvalue weighted by atomic mass is 16.5. The Kier molecular flexibility index (Phi) is 4.10. The quantitative estimate of drug-likeness (QED) is 0.614. The summed E-state index contributed by atoms with van der Waals surface area (Å²) in [4.78, 5) is 21.0. The third kappa shape index (κ3) is 2.61. The van der Waals surface area contributed by atoms with E-state index >= 15 is 0 Å². The van der Waals surface area contributed by atoms with Gasteiger partial charge in [-0.25, -0.2) is 4.79 Å². The zero-order valence-electron chi connectivity index (χ0n) is 8.69. The van der Waals surface area contributed by atoms with Gasteiger partial charge in [0.2, 0.25) is 0 Å². The number of hydrogen-bond donors (Lipinski definition) is 1. The van der Waals surface area contributed by atoms with Crippen molar-refractivity contribution in [2.45, 2.75) is 6.42 Å². The lowest BCUT2D eigenvalue weighted by Crippen LogP contribution is -2.01. The van der Waals surface area contributed by atoms with Gasteiger partial charge < -0.3 is 14.6 Å². The summed E-state index contributed by atoms with van der Waals surface area (Å²) in [6, 6.07) is 4.66. The Balaban J connectivity index is 3.20. The van der Waals surface area contributed by atoms with Gasteiger partial charge in [-0.05, 0) is 12.1 Å². The average Bonchev–Trinajstić information content (AvgIpc) is 2.29. The van der Waals surface area contributed by atoms with Crippen LogP contribution in [0.5, 0.6) is 5.75 Å². The first-order valence-corrected chi connectivity index (χ1v) is 4.53. The van der Waals surface area contributed by atoms with Crippen molar-refractivity contribution in [3.8, 4) is 17.6 Å². The number of para-hydroxylation sites is 1. The maximum Gasteiger partial charge on any atom is 0.339 e. The molecule has 0 saturated heterocycles. The van der Waals surface area contributed by atoms with E-state index in [0.29, 0.717) is 11.8 Å². The summed E-state index contributed by atoms with van der Waals surface area (Å²) in [5.74, 6) is 4.43. The van der Waals surface area contributed by atoms with Crippen LogP contribution in [0, 0.1) is 11.8 Å². The van der Waals surface area contributed by atoms with Crippen LogP contribution in [0.4, 0.5) is 0 Å². The number of carboxylic acids is 1. The standard InChI is InChI=1S/C12H10O4/c1-16-11-9(5-2-3-8-13)6-4-7-10(11)12(14)15/h4,6-8H,3H2,1H3,(H,14,15). The number of benzene rings is 1. The third-order valence-corrected chi connectivity index (χ3v) is 1.86. The van der Waals surface area contributed by atoms with E-state index in [0.717, 1.165) is 0 Å². The number of rotatable bonds is 3. The van der Waals surface area contributed by atoms with Gasteiger partial charge >= 0.3 is 5.97 Å². The molecule has 1 N–H and O–H groups in total. The molecule has 0 aromatic heterocycles. The Hall–Kier alpha value is -2.28. The highest BCUT2D eigenvalue weighted by Crippen LogP contribution is 2.22. The fourth-order valence-electron chi connectivity index (χ4n) is 1.21. The summed E-state index contributed by atoms with van der Waals surface area (Å²) < 4.78 is 5.00. The summed E-state index contributed by atoms with van der Waals surface area (Å²) in [6.45, 7) is 0. The molecule has 0 aliphatic rings. The molecule has 16 heavy (non-hydrogen) atoms. The minimum Gasteiger partial charge on any atom is -0.495 e. The van der Waals surface area contributed by atoms with Gasteiger partial charge in [0, 0.05) is 0 Å². The van der Waals surface area contributed by atoms with Crippen molar-refractivity contribution in [1.82, 2.24) is 0 Å². The first-order chi connectivity index (χ1) is 7.70. The second-order valence-corrected chi connectivity index (χ2v) is 2.86. The number of carboxylic acid groups (broad SMARTS) is 1. The fraction of sp³-hybridized carbons (Fsp3) is 0.167. The van der Waals surface area contributed by atoms with Crippen LogP contribution in [0.1, 0.15) is 22.3 Å². The van der Waals surface area contributed by atoms with Crippen LogP contribution >= 0.6 is 0 Å². The second-order valence-electron chi connectivity index (χ2n) is 2.86. The minimum absolute atomic E-state index is 0.0559. The van der Waals surface area contributed by atoms with E-state index in [-0.39, 0.29) is 17.7 Å². The van der Waals surface area contributed by atoms with Crippen molar-refractivity contribution >= 4 is 12.3 Å². The summed E-state index contributed by atoms with van der Waals surface area (Å²) in [5.41, 5.74) is 0.518. The second kappa shape index (κ2) is 5.56. The molecule has 1 aromatic rings. The number of methoxy groups -OCH3 is 1. The van der Waals surface area contributed by atoms with Crippen molar-refractivity contribution in [2.24, 2.45) is 0 Å². The molecule has 0 amide bonds. The van der Waals surface area contributed by atoms with Crippen LogP contribution in [-0.4, -0.2) is 24.5 Å². The van der Waals surface area contributed by atoms with E-state index in [1.165, 1.54) is 13.2 Å². The molecule has 0 atom stereocenters. The topological polar surface area (TPSA) is 63.6 Å². The van der Waals surface area contributed by atoms with Crippen molar-refractivity contribution in [3.63, 3.8) is 0 Å². The molecule has 0 aliphatic carbocycles. The Morgan fingerprint density at radius 2 is 2.31 bits per heavy atom. The molecule has 1 aromatic carbocycles. The number of ether oxygens (including phenoxy) is 1. The first kappa shape index (κ1) is 11.8. The van der Waals surface area contributed by atoms with Crippen LogP contribution in [0.25, 0.3) is 0 Å². The van der Waals surface area contributed by atoms with Crippen LogP contribution in [0.3, 0.4) is 0 Å². The van der Waals surface area contributed by atoms with E-state index in [4.69, 9.17) is 9.84 Å². The predicted octanol–water partition coefficient (Wildman–Crippen LogP) is 1.33. The Labute approximate surface area is 92.9 Å². The number of aldehydes is 1. The molecule has 0 radical (unpaired) electrons. The first-order valence-electron chi connectivity index (χ1n) is 4.53. The lowest BCUT2D eigenvalue weighted by atomic mass is 10.1. The van der Waals surface area contributed by atoms with E-state index < -0.39 is 5.97 Å². The Morgan fingerprint density at radius 1 is 1.56 bits per heavy atom. The summed E-state index contributed by atoms with van der Waals surface area (Å²) in [6.07, 6.45) is 0.793. The van der Waals surface area contributed by atoms with Gasteiger partial charge in [-0.3, -0.25) is 0 Å². The third-order valence-electron chi connectivity index (χ3n) is 1.86. The molecule has 0 bridgehead atoms.